The van der Waals surface area contributed by atoms with E-state index in [1.807, 2.05) is 29.2 Å². The Morgan fingerprint density at radius 2 is 2.17 bits per heavy atom. The van der Waals surface area contributed by atoms with Crippen LogP contribution < -0.4 is 5.73 Å². The molecule has 1 fully saturated rings. The Morgan fingerprint density at radius 3 is 2.78 bits per heavy atom. The van der Waals surface area contributed by atoms with E-state index in [1.165, 1.54) is 0 Å². The van der Waals surface area contributed by atoms with E-state index in [9.17, 15) is 4.79 Å². The van der Waals surface area contributed by atoms with Crippen LogP contribution in [0.25, 0.3) is 0 Å². The van der Waals surface area contributed by atoms with Crippen LogP contribution in [0, 0.1) is 0 Å². The van der Waals surface area contributed by atoms with E-state index in [4.69, 9.17) is 5.73 Å². The highest BCUT2D eigenvalue weighted by Crippen LogP contribution is 2.27. The minimum absolute atomic E-state index is 0.209. The van der Waals surface area contributed by atoms with Gasteiger partial charge >= 0.3 is 0 Å². The summed E-state index contributed by atoms with van der Waals surface area (Å²) >= 11 is 0. The van der Waals surface area contributed by atoms with E-state index in [0.29, 0.717) is 25.4 Å². The SMILES string of the molecule is C=CCN(C(=O)CCc1ccccc1N)C1CC1. The fraction of sp³-hybridized carbons (Fsp3) is 0.400. The maximum Gasteiger partial charge on any atom is 0.223 e. The van der Waals surface area contributed by atoms with Crippen molar-refractivity contribution in [3.8, 4) is 0 Å². The lowest BCUT2D eigenvalue weighted by molar-refractivity contribution is -0.131. The summed E-state index contributed by atoms with van der Waals surface area (Å²) in [5.41, 5.74) is 7.70. The van der Waals surface area contributed by atoms with Gasteiger partial charge in [0.1, 0.15) is 0 Å². The topological polar surface area (TPSA) is 46.3 Å². The highest BCUT2D eigenvalue weighted by Gasteiger charge is 2.31. The lowest BCUT2D eigenvalue weighted by Gasteiger charge is -2.20. The zero-order valence-corrected chi connectivity index (χ0v) is 10.6. The Morgan fingerprint density at radius 1 is 1.44 bits per heavy atom. The monoisotopic (exact) mass is 244 g/mol. The van der Waals surface area contributed by atoms with Gasteiger partial charge in [-0.15, -0.1) is 6.58 Å². The molecule has 0 atom stereocenters. The first-order valence-corrected chi connectivity index (χ1v) is 6.46. The molecule has 0 aliphatic heterocycles. The molecule has 1 aromatic rings. The lowest BCUT2D eigenvalue weighted by atomic mass is 10.1. The number of amides is 1. The molecule has 0 unspecified atom stereocenters. The number of hydrogen-bond acceptors (Lipinski definition) is 2. The predicted octanol–water partition coefficient (Wildman–Crippen LogP) is 2.38. The van der Waals surface area contributed by atoms with Crippen LogP contribution in [-0.2, 0) is 11.2 Å². The maximum absolute atomic E-state index is 12.1. The number of carbonyl (C=O) groups excluding carboxylic acids is 1. The zero-order valence-electron chi connectivity index (χ0n) is 10.6. The molecule has 1 amide bonds. The zero-order chi connectivity index (χ0) is 13.0. The molecule has 3 heteroatoms. The number of hydrogen-bond donors (Lipinski definition) is 1. The van der Waals surface area contributed by atoms with Crippen molar-refractivity contribution in [3.63, 3.8) is 0 Å². The predicted molar refractivity (Wildman–Crippen MR) is 74.1 cm³/mol. The molecule has 3 nitrogen and oxygen atoms in total. The van der Waals surface area contributed by atoms with E-state index in [2.05, 4.69) is 6.58 Å². The molecule has 0 saturated heterocycles. The summed E-state index contributed by atoms with van der Waals surface area (Å²) in [7, 11) is 0. The number of carbonyl (C=O) groups is 1. The summed E-state index contributed by atoms with van der Waals surface area (Å²) in [6.45, 7) is 4.37. The van der Waals surface area contributed by atoms with Crippen molar-refractivity contribution < 1.29 is 4.79 Å². The molecule has 0 bridgehead atoms. The number of para-hydroxylation sites is 1. The molecule has 0 heterocycles. The smallest absolute Gasteiger partial charge is 0.223 e. The van der Waals surface area contributed by atoms with E-state index < -0.39 is 0 Å². The number of nitrogens with two attached hydrogens (primary N) is 1. The standard InChI is InChI=1S/C15H20N2O/c1-2-11-17(13-8-9-13)15(18)10-7-12-5-3-4-6-14(12)16/h2-6,13H,1,7-11,16H2. The molecule has 1 aliphatic rings. The Hall–Kier alpha value is -1.77. The second-order valence-electron chi connectivity index (χ2n) is 4.76. The van der Waals surface area contributed by atoms with Gasteiger partial charge in [0, 0.05) is 24.7 Å². The second kappa shape index (κ2) is 5.71. The van der Waals surface area contributed by atoms with Crippen LogP contribution in [0.5, 0.6) is 0 Å². The number of rotatable bonds is 6. The molecule has 0 spiro atoms. The van der Waals surface area contributed by atoms with Crippen molar-refractivity contribution in [3.05, 3.63) is 42.5 Å². The number of benzene rings is 1. The summed E-state index contributed by atoms with van der Waals surface area (Å²) in [6.07, 6.45) is 5.30. The van der Waals surface area contributed by atoms with Crippen LogP contribution in [0.3, 0.4) is 0 Å². The van der Waals surface area contributed by atoms with Gasteiger partial charge in [0.25, 0.3) is 0 Å². The van der Waals surface area contributed by atoms with Crippen molar-refractivity contribution in [1.29, 1.82) is 0 Å². The Balaban J connectivity index is 1.90. The molecular weight excluding hydrogens is 224 g/mol. The molecule has 1 saturated carbocycles. The largest absolute Gasteiger partial charge is 0.399 e. The Bertz CT molecular complexity index is 438. The van der Waals surface area contributed by atoms with E-state index in [-0.39, 0.29) is 5.91 Å². The second-order valence-corrected chi connectivity index (χ2v) is 4.76. The van der Waals surface area contributed by atoms with Gasteiger partial charge in [-0.3, -0.25) is 4.79 Å². The first-order valence-electron chi connectivity index (χ1n) is 6.46. The quantitative estimate of drug-likeness (QED) is 0.617. The molecule has 1 aliphatic carbocycles. The van der Waals surface area contributed by atoms with E-state index in [1.54, 1.807) is 6.08 Å². The van der Waals surface area contributed by atoms with Gasteiger partial charge in [-0.1, -0.05) is 24.3 Å². The molecule has 0 radical (unpaired) electrons. The molecule has 0 aromatic heterocycles. The highest BCUT2D eigenvalue weighted by atomic mass is 16.2. The number of anilines is 1. The summed E-state index contributed by atoms with van der Waals surface area (Å²) in [6, 6.07) is 8.18. The van der Waals surface area contributed by atoms with Gasteiger partial charge in [0.15, 0.2) is 0 Å². The molecular formula is C15H20N2O. The summed E-state index contributed by atoms with van der Waals surface area (Å²) in [5.74, 6) is 0.209. The van der Waals surface area contributed by atoms with Crippen LogP contribution >= 0.6 is 0 Å². The van der Waals surface area contributed by atoms with Crippen molar-refractivity contribution >= 4 is 11.6 Å². The molecule has 1 aromatic carbocycles. The lowest BCUT2D eigenvalue weighted by Crippen LogP contribution is -2.33. The van der Waals surface area contributed by atoms with E-state index >= 15 is 0 Å². The molecule has 2 rings (SSSR count). The minimum Gasteiger partial charge on any atom is -0.399 e. The van der Waals surface area contributed by atoms with E-state index in [0.717, 1.165) is 24.1 Å². The van der Waals surface area contributed by atoms with Crippen molar-refractivity contribution in [2.75, 3.05) is 12.3 Å². The van der Waals surface area contributed by atoms with Crippen molar-refractivity contribution in [2.45, 2.75) is 31.7 Å². The number of nitrogen functional groups attached to an aromatic ring is 1. The van der Waals surface area contributed by atoms with Gasteiger partial charge in [0.2, 0.25) is 5.91 Å². The van der Waals surface area contributed by atoms with Gasteiger partial charge in [-0.25, -0.2) is 0 Å². The van der Waals surface area contributed by atoms with Gasteiger partial charge < -0.3 is 10.6 Å². The molecule has 18 heavy (non-hydrogen) atoms. The average molecular weight is 244 g/mol. The third-order valence-electron chi connectivity index (χ3n) is 3.30. The van der Waals surface area contributed by atoms with Crippen LogP contribution in [0.15, 0.2) is 36.9 Å². The highest BCUT2D eigenvalue weighted by molar-refractivity contribution is 5.77. The van der Waals surface area contributed by atoms with Crippen LogP contribution in [0.2, 0.25) is 0 Å². The molecule has 96 valence electrons. The fourth-order valence-electron chi connectivity index (χ4n) is 2.13. The van der Waals surface area contributed by atoms with Crippen LogP contribution in [-0.4, -0.2) is 23.4 Å². The minimum atomic E-state index is 0.209. The number of aryl methyl sites for hydroxylation is 1. The summed E-state index contributed by atoms with van der Waals surface area (Å²) in [5, 5.41) is 0. The Labute approximate surface area is 108 Å². The summed E-state index contributed by atoms with van der Waals surface area (Å²) < 4.78 is 0. The van der Waals surface area contributed by atoms with Crippen LogP contribution in [0.4, 0.5) is 5.69 Å². The fourth-order valence-corrected chi connectivity index (χ4v) is 2.13. The average Bonchev–Trinajstić information content (AvgIpc) is 3.19. The summed E-state index contributed by atoms with van der Waals surface area (Å²) in [4.78, 5) is 14.1. The normalized spacial score (nSPS) is 14.2. The Kier molecular flexibility index (Phi) is 4.03. The van der Waals surface area contributed by atoms with Crippen molar-refractivity contribution in [1.82, 2.24) is 4.90 Å². The maximum atomic E-state index is 12.1. The van der Waals surface area contributed by atoms with Crippen LogP contribution in [0.1, 0.15) is 24.8 Å². The van der Waals surface area contributed by atoms with Crippen molar-refractivity contribution in [2.24, 2.45) is 0 Å². The van der Waals surface area contributed by atoms with Gasteiger partial charge in [-0.05, 0) is 30.9 Å². The van der Waals surface area contributed by atoms with Gasteiger partial charge in [-0.2, -0.15) is 0 Å². The molecule has 2 N–H and O–H groups in total. The first kappa shape index (κ1) is 12.7. The third kappa shape index (κ3) is 3.13. The van der Waals surface area contributed by atoms with Gasteiger partial charge in [0.05, 0.1) is 0 Å². The number of nitrogens with zero attached hydrogens (tertiary/aromatic N) is 1. The third-order valence-corrected chi connectivity index (χ3v) is 3.30. The first-order chi connectivity index (χ1) is 8.72.